The minimum atomic E-state index is 0. The third-order valence-corrected chi connectivity index (χ3v) is 7.62. The molecule has 7 rings (SSSR count). The van der Waals surface area contributed by atoms with Gasteiger partial charge in [-0.3, -0.25) is 12.2 Å². The molecule has 0 N–H and O–H groups in total. The van der Waals surface area contributed by atoms with Crippen molar-refractivity contribution in [2.75, 3.05) is 0 Å². The van der Waals surface area contributed by atoms with Crippen LogP contribution in [0.3, 0.4) is 0 Å². The van der Waals surface area contributed by atoms with Crippen LogP contribution in [0.25, 0.3) is 22.3 Å². The van der Waals surface area contributed by atoms with Gasteiger partial charge in [-0.25, -0.2) is 17.7 Å². The van der Waals surface area contributed by atoms with E-state index in [1.165, 1.54) is 79.9 Å². The molecule has 0 bridgehead atoms. The average Bonchev–Trinajstić information content (AvgIpc) is 3.68. The molecule has 0 fully saturated rings. The van der Waals surface area contributed by atoms with Crippen molar-refractivity contribution in [1.29, 1.82) is 0 Å². The molecule has 0 saturated heterocycles. The Hall–Kier alpha value is -2.05. The molecule has 0 aliphatic heterocycles. The second-order valence-corrected chi connectivity index (χ2v) is 11.3. The molecule has 3 aromatic carbocycles. The first-order valence-electron chi connectivity index (χ1n) is 13.3. The second-order valence-electron chi connectivity index (χ2n) is 11.3. The third-order valence-electron chi connectivity index (χ3n) is 7.62. The maximum Gasteiger partial charge on any atom is -0.171 e. The van der Waals surface area contributed by atoms with Gasteiger partial charge < -0.3 is 7.43 Å². The Balaban J connectivity index is 0.000000440. The first kappa shape index (κ1) is 37.0. The molecule has 0 radical (unpaired) electrons. The summed E-state index contributed by atoms with van der Waals surface area (Å²) in [5.74, 6) is 0. The van der Waals surface area contributed by atoms with Crippen molar-refractivity contribution in [3.05, 3.63) is 138 Å². The van der Waals surface area contributed by atoms with E-state index < -0.39 is 0 Å². The van der Waals surface area contributed by atoms with E-state index in [0.717, 1.165) is 12.8 Å². The van der Waals surface area contributed by atoms with Gasteiger partial charge in [-0.1, -0.05) is 58.2 Å². The summed E-state index contributed by atoms with van der Waals surface area (Å²) in [7, 11) is 0. The zero-order chi connectivity index (χ0) is 27.5. The Morgan fingerprint density at radius 3 is 1.83 bits per heavy atom. The number of rotatable bonds is 0. The number of halogens is 2. The van der Waals surface area contributed by atoms with E-state index in [2.05, 4.69) is 100 Å². The van der Waals surface area contributed by atoms with Gasteiger partial charge >= 0.3 is 28.4 Å². The molecule has 4 aliphatic rings. The van der Waals surface area contributed by atoms with Gasteiger partial charge in [0.05, 0.1) is 0 Å². The van der Waals surface area contributed by atoms with Crippen LogP contribution in [0, 0.1) is 25.6 Å². The van der Waals surface area contributed by atoms with Crippen LogP contribution >= 0.6 is 24.8 Å². The SMILES string of the molecule is CC1=[C-]C(C)(C)c2cc3c(cc21)-c1cc2c(cc1C3)C(C)(C)C=C2C.Cl.Cl.[C-]1=CC=CC1.[CH2]=[Zr].[CH3-].[c-]1ccccc1. The van der Waals surface area contributed by atoms with Crippen LogP contribution in [0.1, 0.15) is 81.3 Å². The summed E-state index contributed by atoms with van der Waals surface area (Å²) in [6, 6.07) is 22.3. The molecule has 0 heterocycles. The molecular formula is C38H42Cl2Zr-4. The summed E-state index contributed by atoms with van der Waals surface area (Å²) in [6.45, 7) is 13.7. The summed E-state index contributed by atoms with van der Waals surface area (Å²) in [5.41, 5.74) is 14.5. The quantitative estimate of drug-likeness (QED) is 0.165. The second kappa shape index (κ2) is 15.4. The number of hydrogen-bond acceptors (Lipinski definition) is 0. The number of benzene rings is 3. The van der Waals surface area contributed by atoms with Gasteiger partial charge in [-0.15, -0.1) is 42.9 Å². The van der Waals surface area contributed by atoms with Gasteiger partial charge in [0.15, 0.2) is 0 Å². The van der Waals surface area contributed by atoms with Crippen molar-refractivity contribution < 1.29 is 24.2 Å². The van der Waals surface area contributed by atoms with Crippen LogP contribution in [0.5, 0.6) is 0 Å². The summed E-state index contributed by atoms with van der Waals surface area (Å²) in [6.07, 6.45) is 17.1. The number of hydrogen-bond donors (Lipinski definition) is 0. The smallest absolute Gasteiger partial charge is 0.171 e. The zero-order valence-corrected chi connectivity index (χ0v) is 29.5. The first-order valence-corrected chi connectivity index (χ1v) is 15.1. The van der Waals surface area contributed by atoms with Crippen LogP contribution in [0.15, 0.2) is 78.9 Å². The van der Waals surface area contributed by atoms with Crippen molar-refractivity contribution in [3.63, 3.8) is 0 Å². The predicted molar refractivity (Wildman–Crippen MR) is 182 cm³/mol. The van der Waals surface area contributed by atoms with Gasteiger partial charge in [0, 0.05) is 5.41 Å². The first-order chi connectivity index (χ1) is 18.2. The molecule has 3 aromatic rings. The molecule has 0 atom stereocenters. The Morgan fingerprint density at radius 1 is 0.780 bits per heavy atom. The molecular weight excluding hydrogens is 619 g/mol. The Kier molecular flexibility index (Phi) is 13.9. The average molecular weight is 661 g/mol. The molecule has 0 saturated carbocycles. The van der Waals surface area contributed by atoms with E-state index in [9.17, 15) is 0 Å². The van der Waals surface area contributed by atoms with Crippen molar-refractivity contribution >= 4 is 40.2 Å². The Morgan fingerprint density at radius 2 is 1.37 bits per heavy atom. The summed E-state index contributed by atoms with van der Waals surface area (Å²) >= 11 is 1.30. The van der Waals surface area contributed by atoms with E-state index in [1.54, 1.807) is 0 Å². The number of allylic oxidation sites excluding steroid dienone is 8. The maximum absolute atomic E-state index is 3.65. The van der Waals surface area contributed by atoms with Gasteiger partial charge in [-0.05, 0) is 58.4 Å². The van der Waals surface area contributed by atoms with Crippen LogP contribution in [-0.2, 0) is 41.5 Å². The van der Waals surface area contributed by atoms with Crippen molar-refractivity contribution in [1.82, 2.24) is 0 Å². The molecule has 0 aromatic heterocycles. The topological polar surface area (TPSA) is 0 Å². The van der Waals surface area contributed by atoms with Gasteiger partial charge in [0.25, 0.3) is 0 Å². The van der Waals surface area contributed by atoms with Gasteiger partial charge in [0.2, 0.25) is 0 Å². The van der Waals surface area contributed by atoms with Gasteiger partial charge in [-0.2, -0.15) is 48.0 Å². The molecule has 216 valence electrons. The Labute approximate surface area is 276 Å². The molecule has 3 heteroatoms. The molecule has 0 amide bonds. The molecule has 0 spiro atoms. The van der Waals surface area contributed by atoms with Crippen molar-refractivity contribution in [2.45, 2.75) is 65.2 Å². The summed E-state index contributed by atoms with van der Waals surface area (Å²) < 4.78 is 3.34. The van der Waals surface area contributed by atoms with E-state index in [0.29, 0.717) is 0 Å². The normalized spacial score (nSPS) is 15.9. The fourth-order valence-electron chi connectivity index (χ4n) is 5.96. The minimum absolute atomic E-state index is 0. The van der Waals surface area contributed by atoms with Gasteiger partial charge in [0.1, 0.15) is 0 Å². The Bertz CT molecular complexity index is 1330. The number of fused-ring (bicyclic) bond motifs is 5. The third kappa shape index (κ3) is 7.87. The van der Waals surface area contributed by atoms with Crippen LogP contribution < -0.4 is 0 Å². The van der Waals surface area contributed by atoms with Crippen molar-refractivity contribution in [2.24, 2.45) is 0 Å². The van der Waals surface area contributed by atoms with Crippen LogP contribution in [0.2, 0.25) is 0 Å². The van der Waals surface area contributed by atoms with E-state index >= 15 is 0 Å². The van der Waals surface area contributed by atoms with E-state index in [4.69, 9.17) is 0 Å². The predicted octanol–water partition coefficient (Wildman–Crippen LogP) is 10.5. The zero-order valence-electron chi connectivity index (χ0n) is 25.4. The fraction of sp³-hybridized carbons (Fsp3) is 0.263. The monoisotopic (exact) mass is 658 g/mol. The largest absolute Gasteiger partial charge is 0.358 e. The van der Waals surface area contributed by atoms with E-state index in [-0.39, 0.29) is 43.1 Å². The maximum atomic E-state index is 3.65. The molecule has 0 unspecified atom stereocenters. The summed E-state index contributed by atoms with van der Waals surface area (Å²) in [4.78, 5) is 0. The molecule has 4 aliphatic carbocycles. The summed E-state index contributed by atoms with van der Waals surface area (Å²) in [5, 5.41) is 0. The van der Waals surface area contributed by atoms with Crippen LogP contribution in [0.4, 0.5) is 0 Å². The fourth-order valence-corrected chi connectivity index (χ4v) is 5.96. The minimum Gasteiger partial charge on any atom is -0.358 e. The van der Waals surface area contributed by atoms with E-state index in [1.807, 2.05) is 42.5 Å². The molecule has 0 nitrogen and oxygen atoms in total. The standard InChI is InChI=1S/C25H25.C6H5.C5H5.CH3.CH2.2ClH.Zr/c1-14-12-24(3,4)22-8-16-7-17-9-23-19(15(2)13-25(23,5)6)11-21(17)20(16)10-18(14)22;1-2-4-6-5-3-1;1-2-4-5-3-1;;;;;/h8-12H,7H2,1-6H3;1-5H;1-3H,4H2;1H3;1H2;2*1H;/q4*-1;;;;. The van der Waals surface area contributed by atoms with Crippen molar-refractivity contribution in [3.8, 4) is 11.1 Å². The van der Waals surface area contributed by atoms with Crippen LogP contribution in [-0.4, -0.2) is 4.21 Å². The molecule has 41 heavy (non-hydrogen) atoms.